The molecule has 0 saturated carbocycles. The molecule has 1 aromatic heterocycles. The number of carbonyl (C=O) groups excluding carboxylic acids is 1. The van der Waals surface area contributed by atoms with Crippen LogP contribution in [0.1, 0.15) is 5.69 Å². The van der Waals surface area contributed by atoms with Crippen LogP contribution in [0.4, 0.5) is 0 Å². The molecule has 4 heteroatoms. The molecule has 12 heavy (non-hydrogen) atoms. The van der Waals surface area contributed by atoms with Crippen molar-refractivity contribution in [3.8, 4) is 6.07 Å². The molecule has 0 radical (unpaired) electrons. The van der Waals surface area contributed by atoms with Gasteiger partial charge in [0.15, 0.2) is 6.07 Å². The lowest BCUT2D eigenvalue weighted by atomic mass is 10.3. The first-order chi connectivity index (χ1) is 5.83. The van der Waals surface area contributed by atoms with Crippen LogP contribution in [-0.2, 0) is 11.2 Å². The first-order valence-electron chi connectivity index (χ1n) is 3.63. The van der Waals surface area contributed by atoms with Crippen LogP contribution in [0, 0.1) is 11.3 Å². The molecule has 0 unspecified atom stereocenters. The quantitative estimate of drug-likeness (QED) is 0.625. The molecule has 1 heterocycles. The van der Waals surface area contributed by atoms with Crippen LogP contribution in [0.2, 0.25) is 0 Å². The number of hydrogen-bond acceptors (Lipinski definition) is 2. The molecular formula is C8H9N3O. The lowest BCUT2D eigenvalue weighted by Crippen LogP contribution is -2.23. The number of hydrogen-bond donors (Lipinski definition) is 2. The summed E-state index contributed by atoms with van der Waals surface area (Å²) in [6.07, 6.45) is 2.54. The lowest BCUT2D eigenvalue weighted by Gasteiger charge is -1.97. The second kappa shape index (κ2) is 4.19. The number of H-pyrrole nitrogens is 1. The SMILES string of the molecule is N#CC(=O)NCCc1ccc[nH]1. The van der Waals surface area contributed by atoms with Crippen molar-refractivity contribution < 1.29 is 4.79 Å². The highest BCUT2D eigenvalue weighted by Crippen LogP contribution is 1.93. The fourth-order valence-electron chi connectivity index (χ4n) is 0.873. The number of rotatable bonds is 3. The molecule has 62 valence electrons. The molecule has 0 saturated heterocycles. The Morgan fingerprint density at radius 2 is 2.58 bits per heavy atom. The van der Waals surface area contributed by atoms with Crippen LogP contribution in [0.25, 0.3) is 0 Å². The summed E-state index contributed by atoms with van der Waals surface area (Å²) >= 11 is 0. The summed E-state index contributed by atoms with van der Waals surface area (Å²) in [5, 5.41) is 10.6. The van der Waals surface area contributed by atoms with Crippen LogP contribution < -0.4 is 5.32 Å². The van der Waals surface area contributed by atoms with Crippen LogP contribution in [-0.4, -0.2) is 17.4 Å². The summed E-state index contributed by atoms with van der Waals surface area (Å²) in [5.41, 5.74) is 1.05. The third-order valence-corrected chi connectivity index (χ3v) is 1.44. The minimum Gasteiger partial charge on any atom is -0.365 e. The highest BCUT2D eigenvalue weighted by Gasteiger charge is 1.96. The molecule has 0 bridgehead atoms. The second-order valence-corrected chi connectivity index (χ2v) is 2.31. The van der Waals surface area contributed by atoms with Gasteiger partial charge in [-0.05, 0) is 12.1 Å². The Hall–Kier alpha value is -1.76. The summed E-state index contributed by atoms with van der Waals surface area (Å²) in [5.74, 6) is -0.582. The van der Waals surface area contributed by atoms with Gasteiger partial charge in [-0.2, -0.15) is 5.26 Å². The van der Waals surface area contributed by atoms with E-state index in [-0.39, 0.29) is 0 Å². The molecule has 0 atom stereocenters. The Morgan fingerprint density at radius 3 is 3.17 bits per heavy atom. The molecule has 4 nitrogen and oxygen atoms in total. The molecule has 0 fully saturated rings. The van der Waals surface area contributed by atoms with Gasteiger partial charge >= 0.3 is 5.91 Å². The van der Waals surface area contributed by atoms with E-state index in [2.05, 4.69) is 10.3 Å². The maximum atomic E-state index is 10.5. The van der Waals surface area contributed by atoms with Gasteiger partial charge in [0, 0.05) is 24.9 Å². The largest absolute Gasteiger partial charge is 0.365 e. The van der Waals surface area contributed by atoms with Gasteiger partial charge in [-0.3, -0.25) is 4.79 Å². The molecule has 0 aliphatic rings. The van der Waals surface area contributed by atoms with Crippen molar-refractivity contribution in [3.05, 3.63) is 24.0 Å². The molecule has 2 N–H and O–H groups in total. The zero-order chi connectivity index (χ0) is 8.81. The fraction of sp³-hybridized carbons (Fsp3) is 0.250. The van der Waals surface area contributed by atoms with Crippen LogP contribution >= 0.6 is 0 Å². The zero-order valence-corrected chi connectivity index (χ0v) is 6.50. The van der Waals surface area contributed by atoms with Crippen molar-refractivity contribution in [1.82, 2.24) is 10.3 Å². The Labute approximate surface area is 70.2 Å². The standard InChI is InChI=1S/C8H9N3O/c9-6-8(12)11-5-3-7-2-1-4-10-7/h1-2,4,10H,3,5H2,(H,11,12). The number of nitrogens with zero attached hydrogens (tertiary/aromatic N) is 1. The third-order valence-electron chi connectivity index (χ3n) is 1.44. The van der Waals surface area contributed by atoms with E-state index < -0.39 is 5.91 Å². The topological polar surface area (TPSA) is 68.7 Å². The van der Waals surface area contributed by atoms with Gasteiger partial charge in [0.1, 0.15) is 0 Å². The first-order valence-corrected chi connectivity index (χ1v) is 3.63. The maximum Gasteiger partial charge on any atom is 0.322 e. The van der Waals surface area contributed by atoms with E-state index >= 15 is 0 Å². The Balaban J connectivity index is 2.20. The number of aromatic amines is 1. The maximum absolute atomic E-state index is 10.5. The number of nitrogens with one attached hydrogen (secondary N) is 2. The van der Waals surface area contributed by atoms with Crippen molar-refractivity contribution in [2.24, 2.45) is 0 Å². The van der Waals surface area contributed by atoms with Gasteiger partial charge in [0.25, 0.3) is 0 Å². The predicted octanol–water partition coefficient (Wildman–Crippen LogP) is 0.197. The average Bonchev–Trinajstić information content (AvgIpc) is 2.57. The summed E-state index contributed by atoms with van der Waals surface area (Å²) in [6.45, 7) is 0.493. The molecule has 0 aliphatic carbocycles. The van der Waals surface area contributed by atoms with Crippen molar-refractivity contribution in [2.45, 2.75) is 6.42 Å². The van der Waals surface area contributed by atoms with Crippen molar-refractivity contribution >= 4 is 5.91 Å². The van der Waals surface area contributed by atoms with Gasteiger partial charge in [-0.15, -0.1) is 0 Å². The second-order valence-electron chi connectivity index (χ2n) is 2.31. The van der Waals surface area contributed by atoms with Gasteiger partial charge < -0.3 is 10.3 Å². The number of aromatic nitrogens is 1. The number of amides is 1. The van der Waals surface area contributed by atoms with Gasteiger partial charge in [0.05, 0.1) is 0 Å². The first kappa shape index (κ1) is 8.34. The van der Waals surface area contributed by atoms with E-state index in [0.717, 1.165) is 12.1 Å². The smallest absolute Gasteiger partial charge is 0.322 e. The van der Waals surface area contributed by atoms with E-state index in [4.69, 9.17) is 5.26 Å². The average molecular weight is 163 g/mol. The van der Waals surface area contributed by atoms with Crippen LogP contribution in [0.5, 0.6) is 0 Å². The minimum absolute atomic E-state index is 0.493. The third kappa shape index (κ3) is 2.46. The van der Waals surface area contributed by atoms with E-state index in [1.165, 1.54) is 6.07 Å². The predicted molar refractivity (Wildman–Crippen MR) is 43.1 cm³/mol. The van der Waals surface area contributed by atoms with Crippen LogP contribution in [0.3, 0.4) is 0 Å². The molecule has 0 spiro atoms. The lowest BCUT2D eigenvalue weighted by molar-refractivity contribution is -0.115. The molecule has 1 rings (SSSR count). The van der Waals surface area contributed by atoms with E-state index in [0.29, 0.717) is 6.54 Å². The van der Waals surface area contributed by atoms with Crippen molar-refractivity contribution in [1.29, 1.82) is 5.26 Å². The Kier molecular flexibility index (Phi) is 2.91. The van der Waals surface area contributed by atoms with Gasteiger partial charge in [-0.25, -0.2) is 0 Å². The Bertz CT molecular complexity index is 284. The summed E-state index contributed by atoms with van der Waals surface area (Å²) in [4.78, 5) is 13.5. The molecule has 1 aromatic rings. The molecule has 1 amide bonds. The minimum atomic E-state index is -0.582. The van der Waals surface area contributed by atoms with Gasteiger partial charge in [-0.1, -0.05) is 0 Å². The zero-order valence-electron chi connectivity index (χ0n) is 6.50. The highest BCUT2D eigenvalue weighted by atomic mass is 16.1. The summed E-state index contributed by atoms with van der Waals surface area (Å²) < 4.78 is 0. The van der Waals surface area contributed by atoms with E-state index in [1.807, 2.05) is 18.3 Å². The Morgan fingerprint density at radius 1 is 1.75 bits per heavy atom. The highest BCUT2D eigenvalue weighted by molar-refractivity contribution is 5.91. The van der Waals surface area contributed by atoms with E-state index in [9.17, 15) is 4.79 Å². The van der Waals surface area contributed by atoms with Crippen molar-refractivity contribution in [3.63, 3.8) is 0 Å². The normalized spacial score (nSPS) is 8.92. The van der Waals surface area contributed by atoms with Crippen LogP contribution in [0.15, 0.2) is 18.3 Å². The monoisotopic (exact) mass is 163 g/mol. The molecule has 0 aromatic carbocycles. The fourth-order valence-corrected chi connectivity index (χ4v) is 0.873. The molecular weight excluding hydrogens is 154 g/mol. The summed E-state index contributed by atoms with van der Waals surface area (Å²) in [6, 6.07) is 5.30. The molecule has 0 aliphatic heterocycles. The number of nitriles is 1. The number of carbonyl (C=O) groups is 1. The van der Waals surface area contributed by atoms with Gasteiger partial charge in [0.2, 0.25) is 0 Å². The van der Waals surface area contributed by atoms with Crippen molar-refractivity contribution in [2.75, 3.05) is 6.54 Å². The van der Waals surface area contributed by atoms with E-state index in [1.54, 1.807) is 0 Å². The summed E-state index contributed by atoms with van der Waals surface area (Å²) in [7, 11) is 0.